The number of hydrogen-bond acceptors (Lipinski definition) is 5. The summed E-state index contributed by atoms with van der Waals surface area (Å²) in [6, 6.07) is 6.04. The minimum absolute atomic E-state index is 0.216. The predicted octanol–water partition coefficient (Wildman–Crippen LogP) is 2.28. The van der Waals surface area contributed by atoms with E-state index < -0.39 is 18.1 Å². The molecule has 0 amide bonds. The van der Waals surface area contributed by atoms with Crippen LogP contribution in [-0.2, 0) is 17.5 Å². The molecule has 0 fully saturated rings. The zero-order valence-electron chi connectivity index (χ0n) is 10.5. The van der Waals surface area contributed by atoms with Crippen LogP contribution in [-0.4, -0.2) is 17.3 Å². The summed E-state index contributed by atoms with van der Waals surface area (Å²) >= 11 is 0. The maximum atomic E-state index is 12.4. The first kappa shape index (κ1) is 14.5. The fraction of sp³-hybridized carbons (Fsp3) is 0.333. The third-order valence-electron chi connectivity index (χ3n) is 2.58. The third kappa shape index (κ3) is 3.14. The van der Waals surface area contributed by atoms with Crippen LogP contribution in [0.5, 0.6) is 0 Å². The van der Waals surface area contributed by atoms with Crippen molar-refractivity contribution in [1.82, 2.24) is 10.1 Å². The molecule has 2 aromatic rings. The molecule has 2 N–H and O–H groups in total. The average Bonchev–Trinajstić information content (AvgIpc) is 2.88. The van der Waals surface area contributed by atoms with E-state index in [4.69, 9.17) is 10.5 Å². The SMILES string of the molecule is COCc1cccc(C(N)c2noc(C(F)(F)F)n2)c1. The number of benzene rings is 1. The van der Waals surface area contributed by atoms with Crippen LogP contribution in [0.25, 0.3) is 0 Å². The van der Waals surface area contributed by atoms with Crippen molar-refractivity contribution in [3.05, 3.63) is 47.1 Å². The van der Waals surface area contributed by atoms with Crippen molar-refractivity contribution in [2.45, 2.75) is 18.8 Å². The van der Waals surface area contributed by atoms with E-state index in [2.05, 4.69) is 14.7 Å². The van der Waals surface area contributed by atoms with E-state index in [1.54, 1.807) is 25.3 Å². The lowest BCUT2D eigenvalue weighted by atomic mass is 10.0. The highest BCUT2D eigenvalue weighted by molar-refractivity contribution is 5.28. The molecule has 5 nitrogen and oxygen atoms in total. The molecule has 0 saturated heterocycles. The predicted molar refractivity (Wildman–Crippen MR) is 62.5 cm³/mol. The second-order valence-corrected chi connectivity index (χ2v) is 4.11. The van der Waals surface area contributed by atoms with Gasteiger partial charge in [0.1, 0.15) is 0 Å². The smallest absolute Gasteiger partial charge is 0.380 e. The second kappa shape index (κ2) is 5.59. The van der Waals surface area contributed by atoms with Crippen LogP contribution < -0.4 is 5.73 Å². The Morgan fingerprint density at radius 3 is 2.75 bits per heavy atom. The fourth-order valence-corrected chi connectivity index (χ4v) is 1.67. The summed E-state index contributed by atoms with van der Waals surface area (Å²) in [5.74, 6) is -1.62. The summed E-state index contributed by atoms with van der Waals surface area (Å²) < 4.78 is 46.3. The number of hydrogen-bond donors (Lipinski definition) is 1. The minimum atomic E-state index is -4.68. The van der Waals surface area contributed by atoms with E-state index in [0.717, 1.165) is 5.56 Å². The molecule has 0 saturated carbocycles. The molecular formula is C12H12F3N3O2. The summed E-state index contributed by atoms with van der Waals surface area (Å²) in [6.45, 7) is 0.376. The first-order valence-electron chi connectivity index (χ1n) is 5.66. The summed E-state index contributed by atoms with van der Waals surface area (Å²) in [4.78, 5) is 3.27. The van der Waals surface area contributed by atoms with Gasteiger partial charge in [0.15, 0.2) is 5.82 Å². The van der Waals surface area contributed by atoms with E-state index in [1.165, 1.54) is 0 Å². The van der Waals surface area contributed by atoms with E-state index in [-0.39, 0.29) is 5.82 Å². The lowest BCUT2D eigenvalue weighted by Crippen LogP contribution is -2.14. The molecule has 8 heteroatoms. The van der Waals surface area contributed by atoms with Crippen LogP contribution in [0, 0.1) is 0 Å². The van der Waals surface area contributed by atoms with Gasteiger partial charge < -0.3 is 15.0 Å². The number of aromatic nitrogens is 2. The zero-order valence-corrected chi connectivity index (χ0v) is 10.5. The molecule has 0 aliphatic heterocycles. The highest BCUT2D eigenvalue weighted by Gasteiger charge is 2.39. The van der Waals surface area contributed by atoms with Gasteiger partial charge in [-0.1, -0.05) is 29.4 Å². The monoisotopic (exact) mass is 287 g/mol. The number of ether oxygens (including phenoxy) is 1. The Morgan fingerprint density at radius 1 is 1.40 bits per heavy atom. The van der Waals surface area contributed by atoms with E-state index >= 15 is 0 Å². The molecule has 2 rings (SSSR count). The molecular weight excluding hydrogens is 275 g/mol. The van der Waals surface area contributed by atoms with E-state index in [1.807, 2.05) is 6.07 Å². The Bertz CT molecular complexity index is 583. The molecule has 0 aliphatic rings. The molecule has 108 valence electrons. The van der Waals surface area contributed by atoms with Crippen LogP contribution in [0.3, 0.4) is 0 Å². The Kier molecular flexibility index (Phi) is 4.05. The van der Waals surface area contributed by atoms with Gasteiger partial charge in [0.05, 0.1) is 12.6 Å². The van der Waals surface area contributed by atoms with Gasteiger partial charge in [0, 0.05) is 7.11 Å². The number of nitrogens with two attached hydrogens (primary N) is 1. The summed E-state index contributed by atoms with van der Waals surface area (Å²) in [5, 5.41) is 3.27. The summed E-state index contributed by atoms with van der Waals surface area (Å²) in [7, 11) is 1.54. The topological polar surface area (TPSA) is 74.2 Å². The minimum Gasteiger partial charge on any atom is -0.380 e. The van der Waals surface area contributed by atoms with Crippen molar-refractivity contribution < 1.29 is 22.4 Å². The molecule has 1 atom stereocenters. The fourth-order valence-electron chi connectivity index (χ4n) is 1.67. The van der Waals surface area contributed by atoms with Gasteiger partial charge in [-0.05, 0) is 11.1 Å². The highest BCUT2D eigenvalue weighted by Crippen LogP contribution is 2.29. The Morgan fingerprint density at radius 2 is 2.15 bits per heavy atom. The van der Waals surface area contributed by atoms with Gasteiger partial charge in [0.25, 0.3) is 0 Å². The van der Waals surface area contributed by atoms with Gasteiger partial charge in [-0.3, -0.25) is 0 Å². The van der Waals surface area contributed by atoms with Crippen molar-refractivity contribution >= 4 is 0 Å². The van der Waals surface area contributed by atoms with Gasteiger partial charge in [0.2, 0.25) is 0 Å². The van der Waals surface area contributed by atoms with Gasteiger partial charge in [-0.25, -0.2) is 0 Å². The van der Waals surface area contributed by atoms with Crippen LogP contribution in [0.4, 0.5) is 13.2 Å². The third-order valence-corrected chi connectivity index (χ3v) is 2.58. The number of methoxy groups -OCH3 is 1. The largest absolute Gasteiger partial charge is 0.471 e. The van der Waals surface area contributed by atoms with Crippen LogP contribution in [0.1, 0.15) is 28.9 Å². The maximum absolute atomic E-state index is 12.4. The van der Waals surface area contributed by atoms with Gasteiger partial charge in [-0.2, -0.15) is 18.2 Å². The molecule has 0 bridgehead atoms. The standard InChI is InChI=1S/C12H12F3N3O2/c1-19-6-7-3-2-4-8(5-7)9(16)10-17-11(20-18-10)12(13,14)15/h2-5,9H,6,16H2,1H3. The molecule has 1 unspecified atom stereocenters. The molecule has 1 aromatic heterocycles. The van der Waals surface area contributed by atoms with Crippen LogP contribution in [0.2, 0.25) is 0 Å². The average molecular weight is 287 g/mol. The number of rotatable bonds is 4. The Labute approximate surface area is 112 Å². The summed E-state index contributed by atoms with van der Waals surface area (Å²) in [6.07, 6.45) is -4.68. The molecule has 0 aliphatic carbocycles. The second-order valence-electron chi connectivity index (χ2n) is 4.11. The number of alkyl halides is 3. The normalized spacial score (nSPS) is 13.4. The number of nitrogens with zero attached hydrogens (tertiary/aromatic N) is 2. The Balaban J connectivity index is 2.24. The van der Waals surface area contributed by atoms with E-state index in [9.17, 15) is 13.2 Å². The number of halogens is 3. The highest BCUT2D eigenvalue weighted by atomic mass is 19.4. The Hall–Kier alpha value is -1.93. The molecule has 20 heavy (non-hydrogen) atoms. The first-order chi connectivity index (χ1) is 9.41. The summed E-state index contributed by atoms with van der Waals surface area (Å²) in [5.41, 5.74) is 7.27. The lowest BCUT2D eigenvalue weighted by molar-refractivity contribution is -0.159. The van der Waals surface area contributed by atoms with Crippen molar-refractivity contribution in [2.75, 3.05) is 7.11 Å². The van der Waals surface area contributed by atoms with Gasteiger partial charge in [-0.15, -0.1) is 0 Å². The van der Waals surface area contributed by atoms with Crippen molar-refractivity contribution in [3.63, 3.8) is 0 Å². The molecule has 0 radical (unpaired) electrons. The zero-order chi connectivity index (χ0) is 14.8. The van der Waals surface area contributed by atoms with Crippen molar-refractivity contribution in [1.29, 1.82) is 0 Å². The quantitative estimate of drug-likeness (QED) is 0.933. The van der Waals surface area contributed by atoms with Crippen LogP contribution in [0.15, 0.2) is 28.8 Å². The lowest BCUT2D eigenvalue weighted by Gasteiger charge is -2.09. The van der Waals surface area contributed by atoms with Gasteiger partial charge >= 0.3 is 12.1 Å². The van der Waals surface area contributed by atoms with Crippen LogP contribution >= 0.6 is 0 Å². The van der Waals surface area contributed by atoms with Crippen molar-refractivity contribution in [2.24, 2.45) is 5.73 Å². The molecule has 0 spiro atoms. The molecule has 1 aromatic carbocycles. The maximum Gasteiger partial charge on any atom is 0.471 e. The molecule has 1 heterocycles. The van der Waals surface area contributed by atoms with Crippen molar-refractivity contribution in [3.8, 4) is 0 Å². The van der Waals surface area contributed by atoms with E-state index in [0.29, 0.717) is 12.2 Å². The first-order valence-corrected chi connectivity index (χ1v) is 5.66.